The molecule has 0 aliphatic heterocycles. The number of aliphatic hydroxyl groups excluding tert-OH is 1. The molecule has 18 heavy (non-hydrogen) atoms. The van der Waals surface area contributed by atoms with Crippen LogP contribution in [0.15, 0.2) is 24.3 Å². The first-order chi connectivity index (χ1) is 8.47. The van der Waals surface area contributed by atoms with Gasteiger partial charge in [-0.15, -0.1) is 0 Å². The van der Waals surface area contributed by atoms with E-state index in [1.165, 1.54) is 13.0 Å². The zero-order chi connectivity index (χ0) is 13.7. The lowest BCUT2D eigenvalue weighted by Gasteiger charge is -2.13. The lowest BCUT2D eigenvalue weighted by molar-refractivity contribution is -0.131. The Labute approximate surface area is 113 Å². The van der Waals surface area contributed by atoms with Crippen molar-refractivity contribution >= 4 is 33.8 Å². The molecule has 0 amide bonds. The van der Waals surface area contributed by atoms with Crippen molar-refractivity contribution in [3.63, 3.8) is 0 Å². The molecule has 1 rings (SSSR count). The van der Waals surface area contributed by atoms with Gasteiger partial charge in [0.05, 0.1) is 11.4 Å². The maximum Gasteiger partial charge on any atom is 0.328 e. The molecule has 1 atom stereocenters. The Balaban J connectivity index is 3.33. The summed E-state index contributed by atoms with van der Waals surface area (Å²) < 4.78 is 0. The third-order valence-electron chi connectivity index (χ3n) is 2.42. The van der Waals surface area contributed by atoms with Crippen LogP contribution in [0.1, 0.15) is 28.4 Å². The van der Waals surface area contributed by atoms with E-state index in [0.717, 1.165) is 6.08 Å². The fraction of sp³-hybridized carbons (Fsp3) is 0.231. The second-order valence-corrected chi connectivity index (χ2v) is 4.64. The first kappa shape index (κ1) is 14.6. The summed E-state index contributed by atoms with van der Waals surface area (Å²) in [5.41, 5.74) is 1.78. The Hall–Kier alpha value is -1.46. The molecular weight excluding hydrogens is 300 g/mol. The van der Waals surface area contributed by atoms with Crippen molar-refractivity contribution in [2.75, 3.05) is 0 Å². The number of carbonyl (C=O) groups is 2. The van der Waals surface area contributed by atoms with Crippen molar-refractivity contribution in [2.24, 2.45) is 0 Å². The molecule has 0 radical (unpaired) electrons. The highest BCUT2D eigenvalue weighted by molar-refractivity contribution is 9.09. The molecule has 0 spiro atoms. The van der Waals surface area contributed by atoms with Gasteiger partial charge in [-0.1, -0.05) is 34.1 Å². The number of hydrogen-bond acceptors (Lipinski definition) is 3. The Morgan fingerprint density at radius 2 is 2.11 bits per heavy atom. The lowest BCUT2D eigenvalue weighted by atomic mass is 9.97. The van der Waals surface area contributed by atoms with Crippen molar-refractivity contribution in [3.8, 4) is 0 Å². The quantitative estimate of drug-likeness (QED) is 0.646. The van der Waals surface area contributed by atoms with Gasteiger partial charge in [-0.25, -0.2) is 4.79 Å². The number of benzene rings is 1. The standard InChI is InChI=1S/C13H13BrO4/c1-8(16)13(14)11-4-2-3-9(7-15)10(11)5-6-12(17)18/h2-6,13,15H,7H2,1H3,(H,17,18). The molecule has 0 saturated heterocycles. The van der Waals surface area contributed by atoms with E-state index in [4.69, 9.17) is 5.11 Å². The highest BCUT2D eigenvalue weighted by atomic mass is 79.9. The molecular formula is C13H13BrO4. The number of carboxylic acids is 1. The monoisotopic (exact) mass is 312 g/mol. The highest BCUT2D eigenvalue weighted by Crippen LogP contribution is 2.30. The Kier molecular flexibility index (Phi) is 5.25. The minimum absolute atomic E-state index is 0.0879. The molecule has 96 valence electrons. The number of alkyl halides is 1. The molecule has 5 heteroatoms. The molecule has 0 aliphatic rings. The van der Waals surface area contributed by atoms with Crippen molar-refractivity contribution < 1.29 is 19.8 Å². The molecule has 1 aromatic carbocycles. The van der Waals surface area contributed by atoms with E-state index in [1.54, 1.807) is 18.2 Å². The SMILES string of the molecule is CC(=O)C(Br)c1cccc(CO)c1C=CC(=O)O. The predicted molar refractivity (Wildman–Crippen MR) is 71.4 cm³/mol. The van der Waals surface area contributed by atoms with Gasteiger partial charge in [-0.05, 0) is 29.7 Å². The van der Waals surface area contributed by atoms with Crippen molar-refractivity contribution in [2.45, 2.75) is 18.4 Å². The second kappa shape index (κ2) is 6.47. The molecule has 1 unspecified atom stereocenters. The van der Waals surface area contributed by atoms with Crippen LogP contribution in [0.25, 0.3) is 6.08 Å². The second-order valence-electron chi connectivity index (χ2n) is 3.72. The van der Waals surface area contributed by atoms with Gasteiger partial charge >= 0.3 is 5.97 Å². The van der Waals surface area contributed by atoms with E-state index in [9.17, 15) is 14.7 Å². The van der Waals surface area contributed by atoms with Crippen LogP contribution >= 0.6 is 15.9 Å². The number of aliphatic carboxylic acids is 1. The summed E-state index contributed by atoms with van der Waals surface area (Å²) in [7, 11) is 0. The van der Waals surface area contributed by atoms with E-state index in [-0.39, 0.29) is 12.4 Å². The van der Waals surface area contributed by atoms with Crippen LogP contribution in [0.4, 0.5) is 0 Å². The van der Waals surface area contributed by atoms with E-state index in [0.29, 0.717) is 16.7 Å². The molecule has 2 N–H and O–H groups in total. The van der Waals surface area contributed by atoms with E-state index in [2.05, 4.69) is 15.9 Å². The first-order valence-corrected chi connectivity index (χ1v) is 6.17. The summed E-state index contributed by atoms with van der Waals surface area (Å²) in [4.78, 5) is 21.4. The number of rotatable bonds is 5. The molecule has 0 aromatic heterocycles. The summed E-state index contributed by atoms with van der Waals surface area (Å²) in [6, 6.07) is 5.13. The summed E-state index contributed by atoms with van der Waals surface area (Å²) >= 11 is 3.26. The van der Waals surface area contributed by atoms with Crippen LogP contribution in [0.2, 0.25) is 0 Å². The van der Waals surface area contributed by atoms with E-state index in [1.807, 2.05) is 0 Å². The van der Waals surface area contributed by atoms with Crippen LogP contribution in [0, 0.1) is 0 Å². The van der Waals surface area contributed by atoms with Gasteiger partial charge in [0.15, 0.2) is 0 Å². The van der Waals surface area contributed by atoms with Crippen LogP contribution in [0.5, 0.6) is 0 Å². The van der Waals surface area contributed by atoms with Crippen molar-refractivity contribution in [1.29, 1.82) is 0 Å². The maximum absolute atomic E-state index is 11.4. The number of aliphatic hydroxyl groups is 1. The van der Waals surface area contributed by atoms with E-state index >= 15 is 0 Å². The minimum Gasteiger partial charge on any atom is -0.478 e. The van der Waals surface area contributed by atoms with Gasteiger partial charge in [0.1, 0.15) is 5.78 Å². The fourth-order valence-electron chi connectivity index (χ4n) is 1.57. The van der Waals surface area contributed by atoms with Gasteiger partial charge in [0.2, 0.25) is 0 Å². The van der Waals surface area contributed by atoms with Gasteiger partial charge in [-0.3, -0.25) is 4.79 Å². The third-order valence-corrected chi connectivity index (χ3v) is 3.56. The maximum atomic E-state index is 11.4. The molecule has 0 fully saturated rings. The smallest absolute Gasteiger partial charge is 0.328 e. The van der Waals surface area contributed by atoms with Crippen LogP contribution < -0.4 is 0 Å². The molecule has 0 bridgehead atoms. The van der Waals surface area contributed by atoms with Crippen LogP contribution in [0.3, 0.4) is 0 Å². The Bertz CT molecular complexity index is 494. The normalized spacial score (nSPS) is 12.6. The Morgan fingerprint density at radius 3 is 2.61 bits per heavy atom. The number of Topliss-reactive ketones (excluding diaryl/α,β-unsaturated/α-hetero) is 1. The van der Waals surface area contributed by atoms with Gasteiger partial charge < -0.3 is 10.2 Å². The molecule has 0 heterocycles. The van der Waals surface area contributed by atoms with Crippen molar-refractivity contribution in [1.82, 2.24) is 0 Å². The highest BCUT2D eigenvalue weighted by Gasteiger charge is 2.17. The molecule has 0 aliphatic carbocycles. The largest absolute Gasteiger partial charge is 0.478 e. The Morgan fingerprint density at radius 1 is 1.44 bits per heavy atom. The topological polar surface area (TPSA) is 74.6 Å². The number of carboxylic acid groups (broad SMARTS) is 1. The predicted octanol–water partition coefficient (Wildman–Crippen LogP) is 2.30. The van der Waals surface area contributed by atoms with Gasteiger partial charge in [-0.2, -0.15) is 0 Å². The average Bonchev–Trinajstić information content (AvgIpc) is 2.34. The third kappa shape index (κ3) is 3.51. The summed E-state index contributed by atoms with van der Waals surface area (Å²) in [5, 5.41) is 17.9. The summed E-state index contributed by atoms with van der Waals surface area (Å²) in [6.45, 7) is 1.22. The van der Waals surface area contributed by atoms with Crippen LogP contribution in [-0.4, -0.2) is 22.0 Å². The lowest BCUT2D eigenvalue weighted by Crippen LogP contribution is -2.05. The summed E-state index contributed by atoms with van der Waals surface area (Å²) in [5.74, 6) is -1.17. The van der Waals surface area contributed by atoms with Crippen molar-refractivity contribution in [3.05, 3.63) is 41.0 Å². The number of carbonyl (C=O) groups excluding carboxylic acids is 1. The number of ketones is 1. The molecule has 0 saturated carbocycles. The summed E-state index contributed by atoms with van der Waals surface area (Å²) in [6.07, 6.45) is 2.37. The number of hydrogen-bond donors (Lipinski definition) is 2. The zero-order valence-corrected chi connectivity index (χ0v) is 11.3. The number of halogens is 1. The fourth-order valence-corrected chi connectivity index (χ4v) is 1.97. The minimum atomic E-state index is -1.08. The van der Waals surface area contributed by atoms with E-state index < -0.39 is 10.8 Å². The first-order valence-electron chi connectivity index (χ1n) is 5.25. The molecule has 1 aromatic rings. The van der Waals surface area contributed by atoms with Gasteiger partial charge in [0, 0.05) is 6.08 Å². The molecule has 4 nitrogen and oxygen atoms in total. The average molecular weight is 313 g/mol. The van der Waals surface area contributed by atoms with Crippen LogP contribution in [-0.2, 0) is 16.2 Å². The van der Waals surface area contributed by atoms with Gasteiger partial charge in [0.25, 0.3) is 0 Å². The zero-order valence-electron chi connectivity index (χ0n) is 9.76.